The third kappa shape index (κ3) is 5.36. The number of pyridine rings is 1. The third-order valence-corrected chi connectivity index (χ3v) is 9.67. The van der Waals surface area contributed by atoms with Gasteiger partial charge in [-0.1, -0.05) is 60.7 Å². The van der Waals surface area contributed by atoms with Gasteiger partial charge in [-0.3, -0.25) is 9.69 Å². The normalized spacial score (nSPS) is 24.6. The fourth-order valence-corrected chi connectivity index (χ4v) is 7.25. The molecule has 3 fully saturated rings. The number of aromatic nitrogens is 2. The molecule has 2 saturated heterocycles. The number of fused-ring (bicyclic) bond motifs is 1. The van der Waals surface area contributed by atoms with Gasteiger partial charge in [0, 0.05) is 49.6 Å². The van der Waals surface area contributed by atoms with Crippen LogP contribution in [0.1, 0.15) is 67.2 Å². The second-order valence-corrected chi connectivity index (χ2v) is 12.4. The van der Waals surface area contributed by atoms with Crippen molar-refractivity contribution in [1.29, 1.82) is 0 Å². The molecule has 0 radical (unpaired) electrons. The van der Waals surface area contributed by atoms with Crippen molar-refractivity contribution >= 4 is 23.2 Å². The van der Waals surface area contributed by atoms with Crippen molar-refractivity contribution in [2.75, 3.05) is 32.7 Å². The molecule has 1 saturated carbocycles. The second kappa shape index (κ2) is 11.0. The van der Waals surface area contributed by atoms with Crippen LogP contribution in [-0.4, -0.2) is 69.0 Å². The summed E-state index contributed by atoms with van der Waals surface area (Å²) in [7, 11) is 0. The Balaban J connectivity index is 1.15. The highest BCUT2D eigenvalue weighted by Crippen LogP contribution is 2.39. The molecule has 202 valence electrons. The average molecular weight is 535 g/mol. The van der Waals surface area contributed by atoms with Gasteiger partial charge in [0.2, 0.25) is 0 Å². The highest BCUT2D eigenvalue weighted by molar-refractivity contribution is 6.30. The Morgan fingerprint density at radius 1 is 1.13 bits per heavy atom. The zero-order valence-electron chi connectivity index (χ0n) is 22.3. The van der Waals surface area contributed by atoms with E-state index in [9.17, 15) is 9.90 Å². The molecule has 1 N–H and O–H groups in total. The van der Waals surface area contributed by atoms with Gasteiger partial charge in [0.1, 0.15) is 11.7 Å². The number of aryl methyl sites for hydroxylation is 1. The Bertz CT molecular complexity index is 1280. The Kier molecular flexibility index (Phi) is 7.48. The topological polar surface area (TPSA) is 61.1 Å². The van der Waals surface area contributed by atoms with E-state index in [0.717, 1.165) is 62.7 Å². The number of rotatable bonds is 8. The lowest BCUT2D eigenvalue weighted by Gasteiger charge is -2.35. The number of carboxylic acids is 1. The summed E-state index contributed by atoms with van der Waals surface area (Å²) >= 11 is 6.27. The zero-order valence-corrected chi connectivity index (χ0v) is 23.1. The number of hydrogen-bond acceptors (Lipinski definition) is 4. The van der Waals surface area contributed by atoms with Crippen LogP contribution in [0.3, 0.4) is 0 Å². The van der Waals surface area contributed by atoms with Crippen LogP contribution in [0.4, 0.5) is 0 Å². The predicted molar refractivity (Wildman–Crippen MR) is 151 cm³/mol. The van der Waals surface area contributed by atoms with Gasteiger partial charge >= 0.3 is 5.97 Å². The third-order valence-electron chi connectivity index (χ3n) is 9.44. The summed E-state index contributed by atoms with van der Waals surface area (Å²) in [6, 6.07) is 12.4. The molecule has 2 aliphatic heterocycles. The first-order chi connectivity index (χ1) is 18.4. The molecule has 3 aromatic rings. The molecular weight excluding hydrogens is 496 g/mol. The van der Waals surface area contributed by atoms with Crippen molar-refractivity contribution in [3.8, 4) is 0 Å². The maximum atomic E-state index is 12.4. The summed E-state index contributed by atoms with van der Waals surface area (Å²) in [5, 5.41) is 10.9. The first kappa shape index (κ1) is 25.8. The van der Waals surface area contributed by atoms with Gasteiger partial charge in [-0.15, -0.1) is 0 Å². The maximum Gasteiger partial charge on any atom is 0.320 e. The van der Waals surface area contributed by atoms with E-state index in [4.69, 9.17) is 11.6 Å². The first-order valence-electron chi connectivity index (χ1n) is 14.3. The van der Waals surface area contributed by atoms with Crippen LogP contribution in [0.15, 0.2) is 48.8 Å². The van der Waals surface area contributed by atoms with Gasteiger partial charge in [0.05, 0.1) is 5.02 Å². The fourth-order valence-electron chi connectivity index (χ4n) is 7.09. The minimum absolute atomic E-state index is 0.356. The van der Waals surface area contributed by atoms with Crippen molar-refractivity contribution in [3.05, 3.63) is 70.6 Å². The number of nitrogens with zero attached hydrogens (tertiary/aromatic N) is 4. The summed E-state index contributed by atoms with van der Waals surface area (Å²) in [4.78, 5) is 21.9. The lowest BCUT2D eigenvalue weighted by Crippen LogP contribution is -2.43. The lowest BCUT2D eigenvalue weighted by atomic mass is 9.80. The smallest absolute Gasteiger partial charge is 0.320 e. The number of aliphatic carboxylic acids is 1. The molecule has 0 amide bonds. The number of carbonyl (C=O) groups is 1. The predicted octanol–water partition coefficient (Wildman–Crippen LogP) is 5.83. The van der Waals surface area contributed by atoms with Crippen molar-refractivity contribution in [3.63, 3.8) is 0 Å². The van der Waals surface area contributed by atoms with Crippen molar-refractivity contribution in [2.24, 2.45) is 11.8 Å². The summed E-state index contributed by atoms with van der Waals surface area (Å²) in [5.41, 5.74) is 4.85. The number of imidazole rings is 1. The number of hydrogen-bond donors (Lipinski definition) is 1. The number of likely N-dealkylation sites (tertiary alicyclic amines) is 2. The average Bonchev–Trinajstić information content (AvgIpc) is 3.48. The van der Waals surface area contributed by atoms with E-state index < -0.39 is 5.97 Å². The van der Waals surface area contributed by atoms with E-state index in [1.54, 1.807) is 0 Å². The Hall–Kier alpha value is -2.41. The molecule has 2 aromatic heterocycles. The molecule has 4 heterocycles. The van der Waals surface area contributed by atoms with Gasteiger partial charge in [-0.05, 0) is 68.8 Å². The second-order valence-electron chi connectivity index (χ2n) is 12.0. The molecule has 38 heavy (non-hydrogen) atoms. The molecule has 3 aliphatic rings. The number of halogens is 1. The lowest BCUT2D eigenvalue weighted by molar-refractivity contribution is -0.144. The van der Waals surface area contributed by atoms with Gasteiger partial charge < -0.3 is 14.4 Å². The molecule has 1 aliphatic carbocycles. The van der Waals surface area contributed by atoms with Crippen molar-refractivity contribution in [1.82, 2.24) is 19.2 Å². The summed E-state index contributed by atoms with van der Waals surface area (Å²) < 4.78 is 2.15. The van der Waals surface area contributed by atoms with Crippen LogP contribution < -0.4 is 0 Å². The summed E-state index contributed by atoms with van der Waals surface area (Å²) in [6.07, 6.45) is 10.6. The van der Waals surface area contributed by atoms with E-state index in [0.29, 0.717) is 23.7 Å². The zero-order chi connectivity index (χ0) is 26.2. The largest absolute Gasteiger partial charge is 0.480 e. The fraction of sp³-hybridized carbons (Fsp3) is 0.548. The van der Waals surface area contributed by atoms with E-state index in [-0.39, 0.29) is 6.04 Å². The molecule has 6 rings (SSSR count). The van der Waals surface area contributed by atoms with Crippen LogP contribution in [0.2, 0.25) is 5.02 Å². The van der Waals surface area contributed by atoms with E-state index >= 15 is 0 Å². The highest BCUT2D eigenvalue weighted by Gasteiger charge is 2.41. The standard InChI is InChI=1S/C31H39ClN4O2/c1-21-4-2-7-24(14-21)27-20-35(28(31(37)38)15-22-5-3-6-22)18-25(27)17-34-12-10-23(11-13-34)29-16-33-30-9-8-26(32)19-36(29)30/h2,4,7-9,14,16,19,22-23,25,27-28H,3,5-6,10-13,15,17-18,20H2,1H3,(H,37,38)/t25-,27+,28+/m0/s1. The Morgan fingerprint density at radius 3 is 2.66 bits per heavy atom. The first-order valence-corrected chi connectivity index (χ1v) is 14.7. The molecule has 7 heteroatoms. The Labute approximate surface area is 230 Å². The summed E-state index contributed by atoms with van der Waals surface area (Å²) in [5.74, 6) is 1.23. The van der Waals surface area contributed by atoms with E-state index in [1.807, 2.05) is 24.5 Å². The van der Waals surface area contributed by atoms with Crippen LogP contribution in [0, 0.1) is 18.8 Å². The molecule has 1 aromatic carbocycles. The minimum atomic E-state index is -0.644. The quantitative estimate of drug-likeness (QED) is 0.394. The van der Waals surface area contributed by atoms with Crippen molar-refractivity contribution in [2.45, 2.75) is 63.3 Å². The highest BCUT2D eigenvalue weighted by atomic mass is 35.5. The SMILES string of the molecule is Cc1cccc([C@H]2CN([C@H](CC3CCC3)C(=O)O)C[C@@H]2CN2CCC(c3cnc4ccc(Cl)cn34)CC2)c1. The van der Waals surface area contributed by atoms with E-state index in [1.165, 1.54) is 36.1 Å². The van der Waals surface area contributed by atoms with Crippen LogP contribution >= 0.6 is 11.6 Å². The molecule has 0 spiro atoms. The van der Waals surface area contributed by atoms with Gasteiger partial charge in [-0.25, -0.2) is 4.98 Å². The minimum Gasteiger partial charge on any atom is -0.480 e. The van der Waals surface area contributed by atoms with Crippen LogP contribution in [0.5, 0.6) is 0 Å². The molecular formula is C31H39ClN4O2. The van der Waals surface area contributed by atoms with Gasteiger partial charge in [0.15, 0.2) is 0 Å². The summed E-state index contributed by atoms with van der Waals surface area (Å²) in [6.45, 7) is 7.00. The van der Waals surface area contributed by atoms with Crippen molar-refractivity contribution < 1.29 is 9.90 Å². The van der Waals surface area contributed by atoms with Crippen LogP contribution in [0.25, 0.3) is 5.65 Å². The van der Waals surface area contributed by atoms with Gasteiger partial charge in [-0.2, -0.15) is 0 Å². The number of benzene rings is 1. The van der Waals surface area contributed by atoms with Crippen LogP contribution in [-0.2, 0) is 4.79 Å². The maximum absolute atomic E-state index is 12.4. The number of carboxylic acid groups (broad SMARTS) is 1. The monoisotopic (exact) mass is 534 g/mol. The molecule has 6 nitrogen and oxygen atoms in total. The van der Waals surface area contributed by atoms with Gasteiger partial charge in [0.25, 0.3) is 0 Å². The Morgan fingerprint density at radius 2 is 1.95 bits per heavy atom. The number of piperidine rings is 1. The molecule has 0 unspecified atom stereocenters. The van der Waals surface area contributed by atoms with E-state index in [2.05, 4.69) is 50.4 Å². The molecule has 3 atom stereocenters. The molecule has 0 bridgehead atoms.